The Hall–Kier alpha value is -2.19. The number of amides is 1. The van der Waals surface area contributed by atoms with Crippen LogP contribution in [-0.2, 0) is 5.75 Å². The van der Waals surface area contributed by atoms with Crippen molar-refractivity contribution in [2.75, 3.05) is 5.73 Å². The molecule has 0 spiro atoms. The molecule has 8 heteroatoms. The van der Waals surface area contributed by atoms with Gasteiger partial charge in [0.1, 0.15) is 5.03 Å². The van der Waals surface area contributed by atoms with E-state index in [1.807, 2.05) is 5.43 Å². The molecule has 2 rings (SSSR count). The van der Waals surface area contributed by atoms with Crippen molar-refractivity contribution in [2.24, 2.45) is 5.84 Å². The molecule has 0 atom stereocenters. The Morgan fingerprint density at radius 2 is 2.05 bits per heavy atom. The molecule has 0 aromatic carbocycles. The van der Waals surface area contributed by atoms with E-state index in [9.17, 15) is 4.79 Å². The average molecular weight is 276 g/mol. The topological polar surface area (TPSA) is 120 Å². The minimum absolute atomic E-state index is 0.370. The molecule has 19 heavy (non-hydrogen) atoms. The summed E-state index contributed by atoms with van der Waals surface area (Å²) in [6.45, 7) is 0. The third-order valence-electron chi connectivity index (χ3n) is 2.27. The molecule has 0 bridgehead atoms. The van der Waals surface area contributed by atoms with E-state index in [1.165, 1.54) is 24.2 Å². The molecule has 0 fully saturated rings. The van der Waals surface area contributed by atoms with E-state index in [4.69, 9.17) is 11.6 Å². The van der Waals surface area contributed by atoms with Gasteiger partial charge in [0, 0.05) is 24.3 Å². The van der Waals surface area contributed by atoms with Crippen LogP contribution >= 0.6 is 11.8 Å². The molecule has 2 aromatic rings. The van der Waals surface area contributed by atoms with Crippen LogP contribution in [0.2, 0.25) is 0 Å². The van der Waals surface area contributed by atoms with E-state index >= 15 is 0 Å². The molecule has 0 aliphatic rings. The van der Waals surface area contributed by atoms with Crippen LogP contribution in [0.1, 0.15) is 16.1 Å². The number of hydrogen-bond donors (Lipinski definition) is 3. The number of pyridine rings is 1. The van der Waals surface area contributed by atoms with E-state index in [1.54, 1.807) is 18.3 Å². The maximum absolute atomic E-state index is 11.2. The zero-order chi connectivity index (χ0) is 13.7. The van der Waals surface area contributed by atoms with Crippen LogP contribution in [0.3, 0.4) is 0 Å². The standard InChI is InChI=1S/C11H12N6OS/c12-9-11(15-4-3-14-9)19-6-8-2-1-7(5-16-8)10(18)17-13/h1-5H,6,13H2,(H2,12,14)(H,17,18). The number of carbonyl (C=O) groups is 1. The van der Waals surface area contributed by atoms with Gasteiger partial charge in [0.15, 0.2) is 5.82 Å². The van der Waals surface area contributed by atoms with Gasteiger partial charge in [-0.25, -0.2) is 15.8 Å². The van der Waals surface area contributed by atoms with Crippen LogP contribution in [-0.4, -0.2) is 20.9 Å². The predicted octanol–water partition coefficient (Wildman–Crippen LogP) is 0.350. The van der Waals surface area contributed by atoms with Gasteiger partial charge < -0.3 is 5.73 Å². The number of thioether (sulfide) groups is 1. The van der Waals surface area contributed by atoms with Gasteiger partial charge in [0.25, 0.3) is 5.91 Å². The lowest BCUT2D eigenvalue weighted by Crippen LogP contribution is -2.30. The summed E-state index contributed by atoms with van der Waals surface area (Å²) in [4.78, 5) is 23.5. The summed E-state index contributed by atoms with van der Waals surface area (Å²) in [7, 11) is 0. The Balaban J connectivity index is 2.01. The van der Waals surface area contributed by atoms with Crippen LogP contribution in [0.25, 0.3) is 0 Å². The summed E-state index contributed by atoms with van der Waals surface area (Å²) >= 11 is 1.43. The Morgan fingerprint density at radius 3 is 2.68 bits per heavy atom. The van der Waals surface area contributed by atoms with Crippen molar-refractivity contribution >= 4 is 23.5 Å². The summed E-state index contributed by atoms with van der Waals surface area (Å²) in [6, 6.07) is 3.41. The molecule has 98 valence electrons. The maximum atomic E-state index is 11.2. The second-order valence-corrected chi connectivity index (χ2v) is 4.51. The van der Waals surface area contributed by atoms with Crippen LogP contribution in [0.4, 0.5) is 5.82 Å². The van der Waals surface area contributed by atoms with E-state index in [0.717, 1.165) is 5.69 Å². The average Bonchev–Trinajstić information content (AvgIpc) is 2.46. The first-order valence-electron chi connectivity index (χ1n) is 5.36. The number of carbonyl (C=O) groups excluding carboxylic acids is 1. The number of anilines is 1. The number of nitrogen functional groups attached to an aromatic ring is 2. The smallest absolute Gasteiger partial charge is 0.266 e. The van der Waals surface area contributed by atoms with E-state index in [-0.39, 0.29) is 5.91 Å². The highest BCUT2D eigenvalue weighted by Crippen LogP contribution is 2.23. The van der Waals surface area contributed by atoms with E-state index in [2.05, 4.69) is 15.0 Å². The molecule has 1 amide bonds. The fourth-order valence-electron chi connectivity index (χ4n) is 1.32. The first-order valence-corrected chi connectivity index (χ1v) is 6.34. The lowest BCUT2D eigenvalue weighted by Gasteiger charge is -2.03. The summed E-state index contributed by atoms with van der Waals surface area (Å²) in [5, 5.41) is 0.660. The number of nitrogens with one attached hydrogen (secondary N) is 1. The summed E-state index contributed by atoms with van der Waals surface area (Å²) < 4.78 is 0. The molecule has 0 saturated heterocycles. The highest BCUT2D eigenvalue weighted by atomic mass is 32.2. The third-order valence-corrected chi connectivity index (χ3v) is 3.29. The Morgan fingerprint density at radius 1 is 1.26 bits per heavy atom. The molecule has 0 radical (unpaired) electrons. The van der Waals surface area contributed by atoms with Crippen molar-refractivity contribution in [1.29, 1.82) is 0 Å². The van der Waals surface area contributed by atoms with Gasteiger partial charge in [-0.05, 0) is 12.1 Å². The van der Waals surface area contributed by atoms with Crippen molar-refractivity contribution in [2.45, 2.75) is 10.8 Å². The van der Waals surface area contributed by atoms with Gasteiger partial charge in [0.2, 0.25) is 0 Å². The van der Waals surface area contributed by atoms with Crippen LogP contribution in [0, 0.1) is 0 Å². The lowest BCUT2D eigenvalue weighted by atomic mass is 10.2. The molecule has 0 unspecified atom stereocenters. The zero-order valence-corrected chi connectivity index (χ0v) is 10.7. The van der Waals surface area contributed by atoms with Gasteiger partial charge in [-0.1, -0.05) is 11.8 Å². The van der Waals surface area contributed by atoms with Crippen LogP contribution in [0.5, 0.6) is 0 Å². The van der Waals surface area contributed by atoms with Gasteiger partial charge in [-0.15, -0.1) is 0 Å². The first-order chi connectivity index (χ1) is 9.20. The summed E-state index contributed by atoms with van der Waals surface area (Å²) in [5.74, 6) is 5.65. The SMILES string of the molecule is NNC(=O)c1ccc(CSc2nccnc2N)nc1. The van der Waals surface area contributed by atoms with Crippen LogP contribution in [0.15, 0.2) is 35.7 Å². The molecule has 0 aliphatic carbocycles. The zero-order valence-electron chi connectivity index (χ0n) is 9.91. The largest absolute Gasteiger partial charge is 0.381 e. The molecule has 7 nitrogen and oxygen atoms in total. The van der Waals surface area contributed by atoms with Gasteiger partial charge in [0.05, 0.1) is 11.3 Å². The van der Waals surface area contributed by atoms with Crippen molar-refractivity contribution in [3.63, 3.8) is 0 Å². The normalized spacial score (nSPS) is 10.2. The van der Waals surface area contributed by atoms with Crippen molar-refractivity contribution in [3.05, 3.63) is 42.0 Å². The molecule has 0 saturated carbocycles. The third kappa shape index (κ3) is 3.39. The minimum atomic E-state index is -0.370. The molecular formula is C11H12N6OS. The van der Waals surface area contributed by atoms with Crippen molar-refractivity contribution in [3.8, 4) is 0 Å². The van der Waals surface area contributed by atoms with E-state index < -0.39 is 0 Å². The van der Waals surface area contributed by atoms with Gasteiger partial charge in [-0.3, -0.25) is 15.2 Å². The monoisotopic (exact) mass is 276 g/mol. The quantitative estimate of drug-likeness (QED) is 0.319. The first kappa shape index (κ1) is 13.2. The van der Waals surface area contributed by atoms with Crippen LogP contribution < -0.4 is 17.0 Å². The summed E-state index contributed by atoms with van der Waals surface area (Å²) in [6.07, 6.45) is 4.59. The van der Waals surface area contributed by atoms with Crippen molar-refractivity contribution < 1.29 is 4.79 Å². The minimum Gasteiger partial charge on any atom is -0.381 e. The Labute approximate surface area is 113 Å². The molecule has 0 aliphatic heterocycles. The highest BCUT2D eigenvalue weighted by molar-refractivity contribution is 7.98. The Bertz CT molecular complexity index is 574. The number of aromatic nitrogens is 3. The maximum Gasteiger partial charge on any atom is 0.266 e. The fraction of sp³-hybridized carbons (Fsp3) is 0.0909. The van der Waals surface area contributed by atoms with E-state index in [0.29, 0.717) is 22.2 Å². The predicted molar refractivity (Wildman–Crippen MR) is 71.9 cm³/mol. The fourth-order valence-corrected chi connectivity index (χ4v) is 2.11. The number of nitrogens with two attached hydrogens (primary N) is 2. The molecule has 5 N–H and O–H groups in total. The van der Waals surface area contributed by atoms with Crippen molar-refractivity contribution in [1.82, 2.24) is 20.4 Å². The molecular weight excluding hydrogens is 264 g/mol. The summed E-state index contributed by atoms with van der Waals surface area (Å²) in [5.41, 5.74) is 8.95. The number of hydrogen-bond acceptors (Lipinski definition) is 7. The molecule has 2 heterocycles. The molecule has 2 aromatic heterocycles. The number of hydrazine groups is 1. The van der Waals surface area contributed by atoms with Gasteiger partial charge in [-0.2, -0.15) is 0 Å². The lowest BCUT2D eigenvalue weighted by molar-refractivity contribution is 0.0953. The number of rotatable bonds is 4. The highest BCUT2D eigenvalue weighted by Gasteiger charge is 2.06. The number of nitrogens with zero attached hydrogens (tertiary/aromatic N) is 3. The Kier molecular flexibility index (Phi) is 4.26. The second-order valence-electron chi connectivity index (χ2n) is 3.55. The second kappa shape index (κ2) is 6.12. The van der Waals surface area contributed by atoms with Gasteiger partial charge >= 0.3 is 0 Å².